The molecule has 1 aliphatic heterocycles. The van der Waals surface area contributed by atoms with E-state index in [0.717, 1.165) is 19.3 Å². The summed E-state index contributed by atoms with van der Waals surface area (Å²) in [6, 6.07) is 0. The third-order valence-electron chi connectivity index (χ3n) is 5.32. The van der Waals surface area contributed by atoms with E-state index in [-0.39, 0.29) is 9.12 Å². The minimum absolute atomic E-state index is 0.180. The summed E-state index contributed by atoms with van der Waals surface area (Å²) >= 11 is 4.10. The zero-order valence-corrected chi connectivity index (χ0v) is 18.3. The second kappa shape index (κ2) is 7.81. The first kappa shape index (κ1) is 20.9. The Bertz CT molecular complexity index is 349. The number of thioether (sulfide) groups is 2. The molecule has 0 aromatic rings. The Hall–Kier alpha value is 0.837. The zero-order chi connectivity index (χ0) is 17.1. The van der Waals surface area contributed by atoms with Gasteiger partial charge in [-0.3, -0.25) is 0 Å². The molecule has 1 fully saturated rings. The SMILES string of the molecule is CCC1(C[C@](O)(CC)CO[Si](C)(C)C(C)(C)C)SCCCS1. The first-order valence-corrected chi connectivity index (χ1v) is 13.5. The van der Waals surface area contributed by atoms with Crippen molar-refractivity contribution in [3.8, 4) is 0 Å². The predicted octanol–water partition coefficient (Wildman–Crippen LogP) is 5.52. The summed E-state index contributed by atoms with van der Waals surface area (Å²) < 4.78 is 6.53. The Morgan fingerprint density at radius 1 is 1.14 bits per heavy atom. The molecule has 0 radical (unpaired) electrons. The maximum atomic E-state index is 11.2. The van der Waals surface area contributed by atoms with Crippen LogP contribution in [-0.2, 0) is 4.43 Å². The summed E-state index contributed by atoms with van der Waals surface area (Å²) in [7, 11) is -1.80. The van der Waals surface area contributed by atoms with Crippen molar-refractivity contribution in [2.45, 2.75) is 88.1 Å². The van der Waals surface area contributed by atoms with Gasteiger partial charge in [0.25, 0.3) is 0 Å². The van der Waals surface area contributed by atoms with Crippen molar-refractivity contribution < 1.29 is 9.53 Å². The molecule has 22 heavy (non-hydrogen) atoms. The van der Waals surface area contributed by atoms with E-state index < -0.39 is 13.9 Å². The third kappa shape index (κ3) is 5.44. The summed E-state index contributed by atoms with van der Waals surface area (Å²) in [4.78, 5) is 0. The summed E-state index contributed by atoms with van der Waals surface area (Å²) in [5, 5.41) is 11.4. The third-order valence-corrected chi connectivity index (χ3v) is 13.4. The zero-order valence-electron chi connectivity index (χ0n) is 15.6. The van der Waals surface area contributed by atoms with Gasteiger partial charge in [0.1, 0.15) is 0 Å². The van der Waals surface area contributed by atoms with Crippen molar-refractivity contribution >= 4 is 31.8 Å². The van der Waals surface area contributed by atoms with E-state index >= 15 is 0 Å². The van der Waals surface area contributed by atoms with Gasteiger partial charge in [0, 0.05) is 6.42 Å². The summed E-state index contributed by atoms with van der Waals surface area (Å²) in [6.07, 6.45) is 4.02. The standard InChI is InChI=1S/C17H36O2S2Si/c1-8-16(18,14-19-22(6,7)15(3,4)5)13-17(9-2)20-11-10-12-21-17/h18H,8-14H2,1-7H3/t16-/m1/s1. The highest BCUT2D eigenvalue weighted by molar-refractivity contribution is 8.18. The highest BCUT2D eigenvalue weighted by atomic mass is 32.2. The Morgan fingerprint density at radius 3 is 2.09 bits per heavy atom. The van der Waals surface area contributed by atoms with Crippen LogP contribution in [0.25, 0.3) is 0 Å². The fourth-order valence-electron chi connectivity index (χ4n) is 2.36. The molecule has 1 N–H and O–H groups in total. The lowest BCUT2D eigenvalue weighted by Crippen LogP contribution is -2.48. The molecule has 0 bridgehead atoms. The molecule has 0 amide bonds. The molecule has 1 aliphatic rings. The number of rotatable bonds is 7. The van der Waals surface area contributed by atoms with E-state index in [2.05, 4.69) is 71.2 Å². The number of hydrogen-bond acceptors (Lipinski definition) is 4. The van der Waals surface area contributed by atoms with Gasteiger partial charge in [0.05, 0.1) is 16.3 Å². The van der Waals surface area contributed by atoms with E-state index in [1.807, 2.05) is 0 Å². The van der Waals surface area contributed by atoms with Crippen LogP contribution in [0.5, 0.6) is 0 Å². The number of aliphatic hydroxyl groups is 1. The van der Waals surface area contributed by atoms with Crippen molar-refractivity contribution in [2.75, 3.05) is 18.1 Å². The molecule has 1 atom stereocenters. The van der Waals surface area contributed by atoms with Crippen LogP contribution in [0.2, 0.25) is 18.1 Å². The maximum absolute atomic E-state index is 11.2. The topological polar surface area (TPSA) is 29.5 Å². The fourth-order valence-corrected chi connectivity index (χ4v) is 6.91. The Morgan fingerprint density at radius 2 is 1.68 bits per heavy atom. The lowest BCUT2D eigenvalue weighted by atomic mass is 9.94. The highest BCUT2D eigenvalue weighted by Gasteiger charge is 2.43. The quantitative estimate of drug-likeness (QED) is 0.603. The molecule has 2 nitrogen and oxygen atoms in total. The van der Waals surface area contributed by atoms with Crippen molar-refractivity contribution in [1.82, 2.24) is 0 Å². The molecule has 0 aliphatic carbocycles. The minimum Gasteiger partial charge on any atom is -0.414 e. The molecular formula is C17H36O2S2Si. The fraction of sp³-hybridized carbons (Fsp3) is 1.00. The van der Waals surface area contributed by atoms with Crippen molar-refractivity contribution in [2.24, 2.45) is 0 Å². The largest absolute Gasteiger partial charge is 0.414 e. The van der Waals surface area contributed by atoms with Gasteiger partial charge < -0.3 is 9.53 Å². The molecule has 0 saturated carbocycles. The van der Waals surface area contributed by atoms with Crippen LogP contribution >= 0.6 is 23.5 Å². The lowest BCUT2D eigenvalue weighted by molar-refractivity contribution is -0.0219. The smallest absolute Gasteiger partial charge is 0.192 e. The highest BCUT2D eigenvalue weighted by Crippen LogP contribution is 2.50. The monoisotopic (exact) mass is 364 g/mol. The van der Waals surface area contributed by atoms with Gasteiger partial charge in [0.15, 0.2) is 8.32 Å². The van der Waals surface area contributed by atoms with Crippen LogP contribution in [0.1, 0.15) is 60.3 Å². The van der Waals surface area contributed by atoms with Gasteiger partial charge >= 0.3 is 0 Å². The predicted molar refractivity (Wildman–Crippen MR) is 106 cm³/mol. The Kier molecular flexibility index (Phi) is 7.41. The van der Waals surface area contributed by atoms with E-state index in [9.17, 15) is 5.11 Å². The van der Waals surface area contributed by atoms with Crippen LogP contribution in [0, 0.1) is 0 Å². The van der Waals surface area contributed by atoms with Crippen molar-refractivity contribution in [1.29, 1.82) is 0 Å². The first-order chi connectivity index (χ1) is 9.99. The molecule has 0 aromatic carbocycles. The average molecular weight is 365 g/mol. The van der Waals surface area contributed by atoms with E-state index in [0.29, 0.717) is 6.61 Å². The molecule has 1 heterocycles. The summed E-state index contributed by atoms with van der Waals surface area (Å²) in [5.41, 5.74) is -0.692. The van der Waals surface area contributed by atoms with Gasteiger partial charge in [0.2, 0.25) is 0 Å². The van der Waals surface area contributed by atoms with Gasteiger partial charge in [-0.1, -0.05) is 34.6 Å². The lowest BCUT2D eigenvalue weighted by Gasteiger charge is -2.44. The molecule has 1 saturated heterocycles. The summed E-state index contributed by atoms with van der Waals surface area (Å²) in [5.74, 6) is 2.45. The molecule has 0 spiro atoms. The van der Waals surface area contributed by atoms with E-state index in [1.54, 1.807) is 0 Å². The molecule has 1 rings (SSSR count). The van der Waals surface area contributed by atoms with Crippen molar-refractivity contribution in [3.63, 3.8) is 0 Å². The first-order valence-electron chi connectivity index (χ1n) is 8.63. The molecular weight excluding hydrogens is 328 g/mol. The maximum Gasteiger partial charge on any atom is 0.192 e. The number of hydrogen-bond donors (Lipinski definition) is 1. The van der Waals surface area contributed by atoms with Gasteiger partial charge in [-0.15, -0.1) is 23.5 Å². The van der Waals surface area contributed by atoms with Gasteiger partial charge in [-0.25, -0.2) is 0 Å². The normalized spacial score (nSPS) is 22.4. The van der Waals surface area contributed by atoms with Gasteiger partial charge in [-0.2, -0.15) is 0 Å². The van der Waals surface area contributed by atoms with E-state index in [4.69, 9.17) is 4.43 Å². The molecule has 0 aromatic heterocycles. The van der Waals surface area contributed by atoms with Crippen LogP contribution in [0.4, 0.5) is 0 Å². The Labute approximate surface area is 147 Å². The van der Waals surface area contributed by atoms with E-state index in [1.165, 1.54) is 17.9 Å². The van der Waals surface area contributed by atoms with Crippen LogP contribution in [-0.4, -0.2) is 41.2 Å². The van der Waals surface area contributed by atoms with Crippen LogP contribution in [0.3, 0.4) is 0 Å². The minimum atomic E-state index is -1.80. The van der Waals surface area contributed by atoms with Crippen LogP contribution in [0.15, 0.2) is 0 Å². The molecule has 0 unspecified atom stereocenters. The Balaban J connectivity index is 2.75. The average Bonchev–Trinajstić information content (AvgIpc) is 2.45. The van der Waals surface area contributed by atoms with Crippen LogP contribution < -0.4 is 0 Å². The molecule has 132 valence electrons. The summed E-state index contributed by atoms with van der Waals surface area (Å²) in [6.45, 7) is 16.1. The van der Waals surface area contributed by atoms with Crippen molar-refractivity contribution in [3.05, 3.63) is 0 Å². The second-order valence-electron chi connectivity index (χ2n) is 8.12. The molecule has 5 heteroatoms. The second-order valence-corrected chi connectivity index (χ2v) is 16.1. The van der Waals surface area contributed by atoms with Gasteiger partial charge in [-0.05, 0) is 48.9 Å².